The fourth-order valence-corrected chi connectivity index (χ4v) is 6.17. The fraction of sp³-hybridized carbons (Fsp3) is 0.406. The maximum atomic E-state index is 13.0. The number of thiophene rings is 1. The number of hydrogen-bond donors (Lipinski definition) is 2. The number of hydrogen-bond acceptors (Lipinski definition) is 6. The lowest BCUT2D eigenvalue weighted by atomic mass is 9.84. The Balaban J connectivity index is 0.000000817. The molecule has 1 aromatic carbocycles. The molecule has 236 valence electrons. The summed E-state index contributed by atoms with van der Waals surface area (Å²) < 4.78 is 28.0. The zero-order chi connectivity index (χ0) is 31.1. The normalized spacial score (nSPS) is 17.8. The van der Waals surface area contributed by atoms with Gasteiger partial charge in [0.2, 0.25) is 17.1 Å². The Kier molecular flexibility index (Phi) is 12.5. The van der Waals surface area contributed by atoms with E-state index in [0.717, 1.165) is 54.2 Å². The van der Waals surface area contributed by atoms with Gasteiger partial charge in [-0.1, -0.05) is 45.9 Å². The number of benzene rings is 1. The number of ketones is 1. The lowest BCUT2D eigenvalue weighted by Gasteiger charge is -2.37. The molecule has 0 aliphatic heterocycles. The van der Waals surface area contributed by atoms with Crippen molar-refractivity contribution in [3.63, 3.8) is 0 Å². The van der Waals surface area contributed by atoms with Gasteiger partial charge in [0.25, 0.3) is 12.3 Å². The maximum absolute atomic E-state index is 13.0. The smallest absolute Gasteiger partial charge is 0.272 e. The maximum Gasteiger partial charge on any atom is 0.272 e. The monoisotopic (exact) mass is 646 g/mol. The highest BCUT2D eigenvalue weighted by atomic mass is 35.5. The molecule has 5 rings (SSSR count). The first-order chi connectivity index (χ1) is 20.6. The van der Waals surface area contributed by atoms with Crippen molar-refractivity contribution in [1.82, 2.24) is 14.9 Å². The second-order valence-electron chi connectivity index (χ2n) is 10.6. The first-order valence-electron chi connectivity index (χ1n) is 14.1. The van der Waals surface area contributed by atoms with Crippen LogP contribution in [0.3, 0.4) is 0 Å². The third-order valence-corrected chi connectivity index (χ3v) is 8.90. The number of nitrogens with zero attached hydrogens (tertiary/aromatic N) is 2. The number of alkyl halides is 2. The van der Waals surface area contributed by atoms with Crippen LogP contribution >= 0.6 is 22.9 Å². The zero-order valence-corrected chi connectivity index (χ0v) is 25.1. The van der Waals surface area contributed by atoms with E-state index in [1.54, 1.807) is 0 Å². The van der Waals surface area contributed by atoms with Crippen LogP contribution in [0.2, 0.25) is 0 Å². The lowest BCUT2D eigenvalue weighted by Crippen LogP contribution is -2.44. The fourth-order valence-electron chi connectivity index (χ4n) is 5.41. The number of carbonyl (C=O) groups excluding carboxylic acids is 4. The summed E-state index contributed by atoms with van der Waals surface area (Å²) in [5.74, 6) is -0.0664. The molecule has 2 aromatic heterocycles. The third-order valence-electron chi connectivity index (χ3n) is 7.65. The van der Waals surface area contributed by atoms with Crippen molar-refractivity contribution >= 4 is 62.8 Å². The van der Waals surface area contributed by atoms with Gasteiger partial charge in [0.05, 0.1) is 20.8 Å². The number of anilines is 1. The van der Waals surface area contributed by atoms with E-state index in [-0.39, 0.29) is 46.9 Å². The lowest BCUT2D eigenvalue weighted by molar-refractivity contribution is -0.123. The molecule has 2 N–H and O–H groups in total. The van der Waals surface area contributed by atoms with E-state index in [9.17, 15) is 28.0 Å². The third kappa shape index (κ3) is 8.69. The largest absolute Gasteiger partial charge is 0.350 e. The second kappa shape index (κ2) is 15.9. The van der Waals surface area contributed by atoms with Crippen molar-refractivity contribution in [2.24, 2.45) is 5.92 Å². The van der Waals surface area contributed by atoms with Crippen LogP contribution in [0.1, 0.15) is 85.0 Å². The van der Waals surface area contributed by atoms with E-state index in [4.69, 9.17) is 11.6 Å². The van der Waals surface area contributed by atoms with E-state index in [0.29, 0.717) is 30.7 Å². The number of imidazole rings is 1. The summed E-state index contributed by atoms with van der Waals surface area (Å²) in [4.78, 5) is 51.6. The van der Waals surface area contributed by atoms with Gasteiger partial charge in [-0.3, -0.25) is 24.5 Å². The van der Waals surface area contributed by atoms with Crippen molar-refractivity contribution in [1.29, 1.82) is 0 Å². The molecule has 0 spiro atoms. The van der Waals surface area contributed by atoms with E-state index in [1.807, 2.05) is 22.8 Å². The molecule has 0 saturated heterocycles. The van der Waals surface area contributed by atoms with E-state index in [1.165, 1.54) is 24.6 Å². The van der Waals surface area contributed by atoms with E-state index in [2.05, 4.69) is 28.8 Å². The summed E-state index contributed by atoms with van der Waals surface area (Å²) in [5.41, 5.74) is 2.32. The molecule has 2 fully saturated rings. The molecule has 8 nitrogen and oxygen atoms in total. The first-order valence-corrected chi connectivity index (χ1v) is 15.3. The van der Waals surface area contributed by atoms with Crippen LogP contribution in [-0.4, -0.2) is 38.4 Å². The van der Waals surface area contributed by atoms with Crippen LogP contribution < -0.4 is 10.6 Å². The van der Waals surface area contributed by atoms with Crippen molar-refractivity contribution in [3.05, 3.63) is 71.0 Å². The van der Waals surface area contributed by atoms with Crippen LogP contribution in [0.25, 0.3) is 11.0 Å². The van der Waals surface area contributed by atoms with Crippen molar-refractivity contribution in [2.75, 3.05) is 5.32 Å². The van der Waals surface area contributed by atoms with Gasteiger partial charge in [0.15, 0.2) is 0 Å². The SMILES string of the molecule is C.C=CC(=O)Cl.C=CC(=O)NC1CC(n2c(NC(=O)c3ccc(C(F)F)s3)nc3cc(CC(=O)C4CCCCC4)ccc32)C1. The summed E-state index contributed by atoms with van der Waals surface area (Å²) in [6, 6.07) is 8.31. The summed E-state index contributed by atoms with van der Waals surface area (Å²) in [6.07, 6.45) is 6.56. The van der Waals surface area contributed by atoms with Crippen LogP contribution in [0.4, 0.5) is 14.7 Å². The molecule has 0 bridgehead atoms. The molecule has 3 aromatic rings. The van der Waals surface area contributed by atoms with Gasteiger partial charge in [-0.15, -0.1) is 11.3 Å². The van der Waals surface area contributed by atoms with E-state index < -0.39 is 17.6 Å². The average molecular weight is 647 g/mol. The number of halogens is 3. The molecule has 0 radical (unpaired) electrons. The van der Waals surface area contributed by atoms with Gasteiger partial charge < -0.3 is 9.88 Å². The van der Waals surface area contributed by atoms with Crippen LogP contribution in [0.15, 0.2) is 55.6 Å². The number of rotatable bonds is 10. The minimum Gasteiger partial charge on any atom is -0.350 e. The molecular weight excluding hydrogens is 610 g/mol. The predicted octanol–water partition coefficient (Wildman–Crippen LogP) is 7.56. The van der Waals surface area contributed by atoms with Gasteiger partial charge in [-0.25, -0.2) is 13.8 Å². The van der Waals surface area contributed by atoms with Gasteiger partial charge in [-0.05, 0) is 79.3 Å². The molecule has 2 heterocycles. The molecule has 44 heavy (non-hydrogen) atoms. The van der Waals surface area contributed by atoms with E-state index >= 15 is 0 Å². The van der Waals surface area contributed by atoms with Crippen LogP contribution in [0.5, 0.6) is 0 Å². The Morgan fingerprint density at radius 1 is 1.07 bits per heavy atom. The molecule has 0 atom stereocenters. The highest BCUT2D eigenvalue weighted by Crippen LogP contribution is 2.38. The predicted molar refractivity (Wildman–Crippen MR) is 170 cm³/mol. The average Bonchev–Trinajstić information content (AvgIpc) is 3.61. The molecule has 2 saturated carbocycles. The quantitative estimate of drug-likeness (QED) is 0.174. The minimum atomic E-state index is -2.64. The zero-order valence-electron chi connectivity index (χ0n) is 23.5. The summed E-state index contributed by atoms with van der Waals surface area (Å²) in [7, 11) is 0. The Bertz CT molecular complexity index is 1520. The molecule has 12 heteroatoms. The Morgan fingerprint density at radius 3 is 2.34 bits per heavy atom. The number of carbonyl (C=O) groups is 4. The van der Waals surface area contributed by atoms with Crippen molar-refractivity contribution < 1.29 is 28.0 Å². The van der Waals surface area contributed by atoms with Gasteiger partial charge in [-0.2, -0.15) is 0 Å². The van der Waals surface area contributed by atoms with Gasteiger partial charge in [0, 0.05) is 24.4 Å². The summed E-state index contributed by atoms with van der Waals surface area (Å²) >= 11 is 5.45. The number of amides is 2. The van der Waals surface area contributed by atoms with Crippen LogP contribution in [0, 0.1) is 5.92 Å². The Hall–Kier alpha value is -3.70. The summed E-state index contributed by atoms with van der Waals surface area (Å²) in [6.45, 7) is 6.56. The Morgan fingerprint density at radius 2 is 1.75 bits per heavy atom. The number of Topliss-reactive ketones (excluding diaryl/α,β-unsaturated/α-hetero) is 1. The molecule has 2 amide bonds. The van der Waals surface area contributed by atoms with Gasteiger partial charge >= 0.3 is 0 Å². The van der Waals surface area contributed by atoms with Crippen molar-refractivity contribution in [3.8, 4) is 0 Å². The topological polar surface area (TPSA) is 110 Å². The summed E-state index contributed by atoms with van der Waals surface area (Å²) in [5, 5.41) is 5.18. The molecule has 0 unspecified atom stereocenters. The molecular formula is C32H37ClF2N4O4S. The minimum absolute atomic E-state index is 0. The number of fused-ring (bicyclic) bond motifs is 1. The Labute approximate surface area is 264 Å². The number of allylic oxidation sites excluding steroid dienone is 1. The highest BCUT2D eigenvalue weighted by molar-refractivity contribution is 7.14. The molecule has 2 aliphatic rings. The van der Waals surface area contributed by atoms with Crippen molar-refractivity contribution in [2.45, 2.75) is 77.3 Å². The van der Waals surface area contributed by atoms with Crippen LogP contribution in [-0.2, 0) is 20.8 Å². The molecule has 2 aliphatic carbocycles. The first kappa shape index (κ1) is 34.8. The highest BCUT2D eigenvalue weighted by Gasteiger charge is 2.34. The second-order valence-corrected chi connectivity index (χ2v) is 12.1. The number of aromatic nitrogens is 2. The van der Waals surface area contributed by atoms with Gasteiger partial charge in [0.1, 0.15) is 5.78 Å². The standard InChI is InChI=1S/C28H30F2N4O3S.C3H3ClO.CH4/c1-2-25(36)31-18-14-19(15-18)34-21-9-8-16(13-22(35)17-6-4-3-5-7-17)12-20(21)32-28(34)33-27(37)24-11-10-23(38-24)26(29)30;1-2-3(4)5;/h2,8-12,17-19,26H,1,3-7,13-15H2,(H,31,36)(H,32,33,37);2H,1H2;1H4. The number of nitrogens with one attached hydrogen (secondary N) is 2.